The summed E-state index contributed by atoms with van der Waals surface area (Å²) in [5, 5.41) is 9.77. The van der Waals surface area contributed by atoms with Crippen molar-refractivity contribution < 1.29 is 9.90 Å². The summed E-state index contributed by atoms with van der Waals surface area (Å²) in [7, 11) is 0. The van der Waals surface area contributed by atoms with Gasteiger partial charge in [-0.15, -0.1) is 0 Å². The Hall–Kier alpha value is -0.610. The minimum absolute atomic E-state index is 0.00278. The van der Waals surface area contributed by atoms with Crippen LogP contribution in [0.4, 0.5) is 0 Å². The van der Waals surface area contributed by atoms with Gasteiger partial charge in [-0.25, -0.2) is 0 Å². The number of nitrogens with two attached hydrogens (primary N) is 1. The summed E-state index contributed by atoms with van der Waals surface area (Å²) >= 11 is 0. The van der Waals surface area contributed by atoms with Crippen LogP contribution >= 0.6 is 0 Å². The molecule has 0 spiro atoms. The highest BCUT2D eigenvalue weighted by Gasteiger charge is 2.30. The number of amides is 1. The SMILES string of the molecule is CCCC1CN(C(=O)C(C)N)CCC1O. The van der Waals surface area contributed by atoms with Crippen LogP contribution in [0.1, 0.15) is 33.1 Å². The summed E-state index contributed by atoms with van der Waals surface area (Å²) in [4.78, 5) is 13.5. The molecule has 0 aromatic rings. The van der Waals surface area contributed by atoms with E-state index in [0.29, 0.717) is 19.5 Å². The predicted octanol–water partition coefficient (Wildman–Crippen LogP) is 0.343. The van der Waals surface area contributed by atoms with E-state index in [4.69, 9.17) is 5.73 Å². The van der Waals surface area contributed by atoms with Gasteiger partial charge >= 0.3 is 0 Å². The van der Waals surface area contributed by atoms with Crippen molar-refractivity contribution in [1.29, 1.82) is 0 Å². The van der Waals surface area contributed by atoms with Gasteiger partial charge in [-0.1, -0.05) is 13.3 Å². The Balaban J connectivity index is 2.53. The van der Waals surface area contributed by atoms with Gasteiger partial charge < -0.3 is 15.7 Å². The van der Waals surface area contributed by atoms with Crippen molar-refractivity contribution >= 4 is 5.91 Å². The minimum Gasteiger partial charge on any atom is -0.393 e. The van der Waals surface area contributed by atoms with Gasteiger partial charge in [0.15, 0.2) is 0 Å². The van der Waals surface area contributed by atoms with Crippen LogP contribution in [0.2, 0.25) is 0 Å². The first-order chi connectivity index (χ1) is 7.06. The van der Waals surface area contributed by atoms with Crippen molar-refractivity contribution in [3.8, 4) is 0 Å². The first kappa shape index (κ1) is 12.5. The molecule has 4 nitrogen and oxygen atoms in total. The lowest BCUT2D eigenvalue weighted by Crippen LogP contribution is -2.50. The van der Waals surface area contributed by atoms with E-state index in [-0.39, 0.29) is 17.9 Å². The van der Waals surface area contributed by atoms with Crippen LogP contribution in [0.5, 0.6) is 0 Å². The van der Waals surface area contributed by atoms with Crippen LogP contribution in [0.3, 0.4) is 0 Å². The van der Waals surface area contributed by atoms with Crippen molar-refractivity contribution in [1.82, 2.24) is 4.90 Å². The lowest BCUT2D eigenvalue weighted by Gasteiger charge is -2.37. The number of hydrogen-bond donors (Lipinski definition) is 2. The second-order valence-corrected chi connectivity index (χ2v) is 4.48. The average Bonchev–Trinajstić information content (AvgIpc) is 2.20. The zero-order valence-electron chi connectivity index (χ0n) is 9.65. The summed E-state index contributed by atoms with van der Waals surface area (Å²) in [6.45, 7) is 5.11. The van der Waals surface area contributed by atoms with Crippen LogP contribution < -0.4 is 5.73 Å². The van der Waals surface area contributed by atoms with E-state index in [2.05, 4.69) is 6.92 Å². The lowest BCUT2D eigenvalue weighted by molar-refractivity contribution is -0.136. The fourth-order valence-corrected chi connectivity index (χ4v) is 2.16. The monoisotopic (exact) mass is 214 g/mol. The number of carbonyl (C=O) groups excluding carboxylic acids is 1. The summed E-state index contributed by atoms with van der Waals surface area (Å²) in [5.41, 5.74) is 5.57. The van der Waals surface area contributed by atoms with Gasteiger partial charge in [-0.3, -0.25) is 4.79 Å². The Labute approximate surface area is 91.4 Å². The second kappa shape index (κ2) is 5.47. The van der Waals surface area contributed by atoms with Crippen molar-refractivity contribution in [3.05, 3.63) is 0 Å². The Morgan fingerprint density at radius 1 is 1.67 bits per heavy atom. The molecule has 0 saturated carbocycles. The Morgan fingerprint density at radius 2 is 2.33 bits per heavy atom. The average molecular weight is 214 g/mol. The van der Waals surface area contributed by atoms with Crippen LogP contribution in [-0.4, -0.2) is 41.1 Å². The second-order valence-electron chi connectivity index (χ2n) is 4.48. The van der Waals surface area contributed by atoms with E-state index in [1.807, 2.05) is 0 Å². The van der Waals surface area contributed by atoms with E-state index < -0.39 is 6.04 Å². The molecule has 1 aliphatic heterocycles. The molecule has 0 aromatic carbocycles. The first-order valence-electron chi connectivity index (χ1n) is 5.78. The number of aliphatic hydroxyl groups is 1. The third kappa shape index (κ3) is 3.18. The summed E-state index contributed by atoms with van der Waals surface area (Å²) in [6, 6.07) is -0.428. The fraction of sp³-hybridized carbons (Fsp3) is 0.909. The zero-order chi connectivity index (χ0) is 11.4. The molecule has 0 aromatic heterocycles. The first-order valence-corrected chi connectivity index (χ1v) is 5.78. The lowest BCUT2D eigenvalue weighted by atomic mass is 9.90. The molecule has 0 aliphatic carbocycles. The largest absolute Gasteiger partial charge is 0.393 e. The minimum atomic E-state index is -0.428. The van der Waals surface area contributed by atoms with Gasteiger partial charge in [0.2, 0.25) is 5.91 Å². The summed E-state index contributed by atoms with van der Waals surface area (Å²) < 4.78 is 0. The highest BCUT2D eigenvalue weighted by molar-refractivity contribution is 5.81. The molecule has 1 amide bonds. The maximum Gasteiger partial charge on any atom is 0.239 e. The van der Waals surface area contributed by atoms with Gasteiger partial charge in [0.25, 0.3) is 0 Å². The molecule has 1 rings (SSSR count). The highest BCUT2D eigenvalue weighted by atomic mass is 16.3. The number of piperidine rings is 1. The van der Waals surface area contributed by atoms with Gasteiger partial charge in [0.05, 0.1) is 12.1 Å². The Morgan fingerprint density at radius 3 is 2.87 bits per heavy atom. The van der Waals surface area contributed by atoms with Crippen LogP contribution in [0.15, 0.2) is 0 Å². The number of rotatable bonds is 3. The third-order valence-corrected chi connectivity index (χ3v) is 3.05. The normalized spacial score (nSPS) is 28.9. The van der Waals surface area contributed by atoms with Crippen molar-refractivity contribution in [3.63, 3.8) is 0 Å². The molecule has 0 bridgehead atoms. The van der Waals surface area contributed by atoms with E-state index >= 15 is 0 Å². The standard InChI is InChI=1S/C11H22N2O2/c1-3-4-9-7-13(6-5-10(9)14)11(15)8(2)12/h8-10,14H,3-7,12H2,1-2H3. The van der Waals surface area contributed by atoms with Gasteiger partial charge in [-0.2, -0.15) is 0 Å². The number of carbonyl (C=O) groups is 1. The Kier molecular flexibility index (Phi) is 4.54. The van der Waals surface area contributed by atoms with Crippen LogP contribution in [0, 0.1) is 5.92 Å². The van der Waals surface area contributed by atoms with Gasteiger partial charge in [0.1, 0.15) is 0 Å². The molecule has 3 atom stereocenters. The molecule has 3 N–H and O–H groups in total. The van der Waals surface area contributed by atoms with Crippen molar-refractivity contribution in [2.45, 2.75) is 45.3 Å². The number of likely N-dealkylation sites (tertiary alicyclic amines) is 1. The highest BCUT2D eigenvalue weighted by Crippen LogP contribution is 2.21. The van der Waals surface area contributed by atoms with E-state index in [0.717, 1.165) is 12.8 Å². The van der Waals surface area contributed by atoms with Crippen molar-refractivity contribution in [2.24, 2.45) is 11.7 Å². The summed E-state index contributed by atoms with van der Waals surface area (Å²) in [6.07, 6.45) is 2.46. The topological polar surface area (TPSA) is 66.6 Å². The molecular weight excluding hydrogens is 192 g/mol. The van der Waals surface area contributed by atoms with E-state index in [9.17, 15) is 9.90 Å². The molecule has 1 heterocycles. The third-order valence-electron chi connectivity index (χ3n) is 3.05. The number of aliphatic hydroxyl groups excluding tert-OH is 1. The molecule has 1 fully saturated rings. The summed E-state index contributed by atoms with van der Waals surface area (Å²) in [5.74, 6) is 0.231. The molecule has 15 heavy (non-hydrogen) atoms. The smallest absolute Gasteiger partial charge is 0.239 e. The van der Waals surface area contributed by atoms with Crippen LogP contribution in [0.25, 0.3) is 0 Å². The fourth-order valence-electron chi connectivity index (χ4n) is 2.16. The number of nitrogens with zero attached hydrogens (tertiary/aromatic N) is 1. The van der Waals surface area contributed by atoms with Gasteiger partial charge in [-0.05, 0) is 19.8 Å². The zero-order valence-corrected chi connectivity index (χ0v) is 9.65. The molecule has 88 valence electrons. The quantitative estimate of drug-likeness (QED) is 0.712. The van der Waals surface area contributed by atoms with E-state index in [1.54, 1.807) is 11.8 Å². The molecule has 0 radical (unpaired) electrons. The van der Waals surface area contributed by atoms with Crippen molar-refractivity contribution in [2.75, 3.05) is 13.1 Å². The number of hydrogen-bond acceptors (Lipinski definition) is 3. The molecule has 3 unspecified atom stereocenters. The maximum absolute atomic E-state index is 11.7. The van der Waals surface area contributed by atoms with E-state index in [1.165, 1.54) is 0 Å². The molecular formula is C11H22N2O2. The Bertz CT molecular complexity index is 219. The molecule has 1 aliphatic rings. The molecule has 1 saturated heterocycles. The molecule has 4 heteroatoms. The van der Waals surface area contributed by atoms with Crippen LogP contribution in [-0.2, 0) is 4.79 Å². The maximum atomic E-state index is 11.7. The van der Waals surface area contributed by atoms with Gasteiger partial charge in [0, 0.05) is 19.0 Å². The predicted molar refractivity (Wildman–Crippen MR) is 59.3 cm³/mol.